The van der Waals surface area contributed by atoms with Gasteiger partial charge in [0.15, 0.2) is 4.34 Å². The molecule has 0 saturated carbocycles. The van der Waals surface area contributed by atoms with Gasteiger partial charge in [-0.2, -0.15) is 5.10 Å². The van der Waals surface area contributed by atoms with Gasteiger partial charge in [0.1, 0.15) is 0 Å². The number of nitrogens with zero attached hydrogens (tertiary/aromatic N) is 4. The standard InChI is InChI=1S/C9H13N5S2/c1-6(2)14-4-3-7(13-14)5-15-9-12-11-8(10)16-9/h3-4,6H,5H2,1-2H3,(H2,10,11). The first-order chi connectivity index (χ1) is 7.65. The average molecular weight is 255 g/mol. The molecule has 0 spiro atoms. The summed E-state index contributed by atoms with van der Waals surface area (Å²) < 4.78 is 2.83. The lowest BCUT2D eigenvalue weighted by molar-refractivity contribution is 0.529. The van der Waals surface area contributed by atoms with Crippen LogP contribution in [-0.4, -0.2) is 20.0 Å². The van der Waals surface area contributed by atoms with Crippen LogP contribution in [0.5, 0.6) is 0 Å². The largest absolute Gasteiger partial charge is 0.374 e. The molecule has 0 saturated heterocycles. The summed E-state index contributed by atoms with van der Waals surface area (Å²) in [6, 6.07) is 2.42. The van der Waals surface area contributed by atoms with Crippen molar-refractivity contribution in [2.75, 3.05) is 5.73 Å². The molecule has 0 fully saturated rings. The summed E-state index contributed by atoms with van der Waals surface area (Å²) in [6.07, 6.45) is 2.00. The van der Waals surface area contributed by atoms with E-state index in [0.29, 0.717) is 11.2 Å². The Hall–Kier alpha value is -1.08. The van der Waals surface area contributed by atoms with Crippen LogP contribution in [0.2, 0.25) is 0 Å². The Morgan fingerprint density at radius 3 is 2.88 bits per heavy atom. The van der Waals surface area contributed by atoms with E-state index in [2.05, 4.69) is 29.1 Å². The van der Waals surface area contributed by atoms with E-state index in [1.54, 1.807) is 11.8 Å². The Balaban J connectivity index is 1.94. The molecule has 0 radical (unpaired) electrons. The lowest BCUT2D eigenvalue weighted by atomic mass is 10.4. The van der Waals surface area contributed by atoms with Crippen molar-refractivity contribution in [2.24, 2.45) is 0 Å². The van der Waals surface area contributed by atoms with Crippen LogP contribution in [0.25, 0.3) is 0 Å². The highest BCUT2D eigenvalue weighted by atomic mass is 32.2. The molecule has 0 bridgehead atoms. The van der Waals surface area contributed by atoms with Gasteiger partial charge >= 0.3 is 0 Å². The van der Waals surface area contributed by atoms with Gasteiger partial charge in [-0.05, 0) is 19.9 Å². The molecule has 2 N–H and O–H groups in total. The van der Waals surface area contributed by atoms with E-state index < -0.39 is 0 Å². The van der Waals surface area contributed by atoms with E-state index in [1.165, 1.54) is 11.3 Å². The van der Waals surface area contributed by atoms with Crippen LogP contribution in [0.15, 0.2) is 16.6 Å². The van der Waals surface area contributed by atoms with E-state index in [9.17, 15) is 0 Å². The number of hydrogen-bond donors (Lipinski definition) is 1. The van der Waals surface area contributed by atoms with Crippen LogP contribution >= 0.6 is 23.1 Å². The van der Waals surface area contributed by atoms with Gasteiger partial charge in [-0.25, -0.2) is 0 Å². The molecule has 2 rings (SSSR count). The Bertz CT molecular complexity index is 462. The third-order valence-electron chi connectivity index (χ3n) is 1.96. The van der Waals surface area contributed by atoms with Crippen LogP contribution in [-0.2, 0) is 5.75 Å². The number of hydrogen-bond acceptors (Lipinski definition) is 6. The molecule has 16 heavy (non-hydrogen) atoms. The van der Waals surface area contributed by atoms with Crippen molar-refractivity contribution in [3.05, 3.63) is 18.0 Å². The molecule has 0 aliphatic rings. The molecule has 2 aromatic heterocycles. The fraction of sp³-hybridized carbons (Fsp3) is 0.444. The molecule has 5 nitrogen and oxygen atoms in total. The Morgan fingerprint density at radius 1 is 1.50 bits per heavy atom. The molecule has 7 heteroatoms. The molecular formula is C9H13N5S2. The maximum absolute atomic E-state index is 5.50. The average Bonchev–Trinajstić information content (AvgIpc) is 2.83. The summed E-state index contributed by atoms with van der Waals surface area (Å²) in [7, 11) is 0. The first kappa shape index (κ1) is 11.4. The summed E-state index contributed by atoms with van der Waals surface area (Å²) in [6.45, 7) is 4.21. The molecular weight excluding hydrogens is 242 g/mol. The van der Waals surface area contributed by atoms with Crippen LogP contribution in [0, 0.1) is 0 Å². The maximum atomic E-state index is 5.50. The molecule has 0 aliphatic carbocycles. The Labute approximate surface area is 102 Å². The Kier molecular flexibility index (Phi) is 3.45. The van der Waals surface area contributed by atoms with Crippen LogP contribution in [0.3, 0.4) is 0 Å². The fourth-order valence-corrected chi connectivity index (χ4v) is 2.69. The molecule has 2 aromatic rings. The van der Waals surface area contributed by atoms with Crippen molar-refractivity contribution < 1.29 is 0 Å². The number of rotatable bonds is 4. The summed E-state index contributed by atoms with van der Waals surface area (Å²) in [5.74, 6) is 0.800. The molecule has 0 atom stereocenters. The second kappa shape index (κ2) is 4.84. The zero-order valence-electron chi connectivity index (χ0n) is 9.12. The van der Waals surface area contributed by atoms with Crippen molar-refractivity contribution in [1.29, 1.82) is 0 Å². The number of aromatic nitrogens is 4. The predicted octanol–water partition coefficient (Wildman–Crippen LogP) is 2.19. The molecule has 0 unspecified atom stereocenters. The number of nitrogens with two attached hydrogens (primary N) is 1. The van der Waals surface area contributed by atoms with Gasteiger partial charge in [0.25, 0.3) is 0 Å². The highest BCUT2D eigenvalue weighted by Gasteiger charge is 2.05. The summed E-state index contributed by atoms with van der Waals surface area (Å²) >= 11 is 3.01. The quantitative estimate of drug-likeness (QED) is 0.848. The highest BCUT2D eigenvalue weighted by Crippen LogP contribution is 2.26. The Morgan fingerprint density at radius 2 is 2.31 bits per heavy atom. The highest BCUT2D eigenvalue weighted by molar-refractivity contribution is 8.00. The minimum absolute atomic E-state index is 0.399. The van der Waals surface area contributed by atoms with E-state index >= 15 is 0 Å². The maximum Gasteiger partial charge on any atom is 0.203 e. The van der Waals surface area contributed by atoms with E-state index in [1.807, 2.05) is 16.9 Å². The first-order valence-corrected chi connectivity index (χ1v) is 6.71. The van der Waals surface area contributed by atoms with Crippen molar-refractivity contribution >= 4 is 28.2 Å². The summed E-state index contributed by atoms with van der Waals surface area (Å²) in [4.78, 5) is 0. The van der Waals surface area contributed by atoms with E-state index in [0.717, 1.165) is 15.8 Å². The lowest BCUT2D eigenvalue weighted by Crippen LogP contribution is -2.01. The zero-order chi connectivity index (χ0) is 11.5. The van der Waals surface area contributed by atoms with Crippen LogP contribution in [0.1, 0.15) is 25.6 Å². The van der Waals surface area contributed by atoms with Gasteiger partial charge in [0.05, 0.1) is 5.69 Å². The third-order valence-corrected chi connectivity index (χ3v) is 3.88. The summed E-state index contributed by atoms with van der Waals surface area (Å²) in [5, 5.41) is 12.7. The molecule has 2 heterocycles. The lowest BCUT2D eigenvalue weighted by Gasteiger charge is -2.03. The van der Waals surface area contributed by atoms with Crippen molar-refractivity contribution in [2.45, 2.75) is 30.0 Å². The predicted molar refractivity (Wildman–Crippen MR) is 66.5 cm³/mol. The SMILES string of the molecule is CC(C)n1ccc(CSc2nnc(N)s2)n1. The normalized spacial score (nSPS) is 11.2. The van der Waals surface area contributed by atoms with Gasteiger partial charge in [-0.15, -0.1) is 10.2 Å². The second-order valence-electron chi connectivity index (χ2n) is 3.58. The topological polar surface area (TPSA) is 69.6 Å². The molecule has 0 aromatic carbocycles. The van der Waals surface area contributed by atoms with Crippen LogP contribution in [0.4, 0.5) is 5.13 Å². The van der Waals surface area contributed by atoms with Gasteiger partial charge in [-0.1, -0.05) is 23.1 Å². The first-order valence-electron chi connectivity index (χ1n) is 4.91. The number of nitrogen functional groups attached to an aromatic ring is 1. The van der Waals surface area contributed by atoms with Gasteiger partial charge in [-0.3, -0.25) is 4.68 Å². The van der Waals surface area contributed by atoms with Crippen molar-refractivity contribution in [1.82, 2.24) is 20.0 Å². The number of thioether (sulfide) groups is 1. The third kappa shape index (κ3) is 2.73. The molecule has 86 valence electrons. The fourth-order valence-electron chi connectivity index (χ4n) is 1.16. The molecule has 0 aliphatic heterocycles. The second-order valence-corrected chi connectivity index (χ2v) is 5.81. The van der Waals surface area contributed by atoms with Crippen molar-refractivity contribution in [3.63, 3.8) is 0 Å². The monoisotopic (exact) mass is 255 g/mol. The number of anilines is 1. The summed E-state index contributed by atoms with van der Waals surface area (Å²) in [5.41, 5.74) is 6.55. The smallest absolute Gasteiger partial charge is 0.203 e. The molecule has 0 amide bonds. The zero-order valence-corrected chi connectivity index (χ0v) is 10.8. The van der Waals surface area contributed by atoms with E-state index in [4.69, 9.17) is 5.73 Å². The van der Waals surface area contributed by atoms with Gasteiger partial charge in [0, 0.05) is 18.0 Å². The van der Waals surface area contributed by atoms with E-state index in [-0.39, 0.29) is 0 Å². The minimum Gasteiger partial charge on any atom is -0.374 e. The van der Waals surface area contributed by atoms with Crippen LogP contribution < -0.4 is 5.73 Å². The van der Waals surface area contributed by atoms with Gasteiger partial charge < -0.3 is 5.73 Å². The van der Waals surface area contributed by atoms with Crippen molar-refractivity contribution in [3.8, 4) is 0 Å². The van der Waals surface area contributed by atoms with Gasteiger partial charge in [0.2, 0.25) is 5.13 Å². The minimum atomic E-state index is 0.399.